The van der Waals surface area contributed by atoms with Crippen molar-refractivity contribution < 1.29 is 9.59 Å². The van der Waals surface area contributed by atoms with E-state index in [0.717, 1.165) is 25.7 Å². The predicted octanol–water partition coefficient (Wildman–Crippen LogP) is 1.45. The van der Waals surface area contributed by atoms with Gasteiger partial charge in [0.1, 0.15) is 5.41 Å². The van der Waals surface area contributed by atoms with Crippen LogP contribution in [0.25, 0.3) is 0 Å². The second kappa shape index (κ2) is 7.13. The maximum absolute atomic E-state index is 12.6. The lowest BCUT2D eigenvalue weighted by Gasteiger charge is -2.34. The lowest BCUT2D eigenvalue weighted by Crippen LogP contribution is -2.48. The molecule has 2 amide bonds. The van der Waals surface area contributed by atoms with E-state index in [2.05, 4.69) is 11.4 Å². The fraction of sp³-hybridized carbons (Fsp3) is 0.786. The minimum Gasteiger partial charge on any atom is -0.358 e. The van der Waals surface area contributed by atoms with E-state index in [9.17, 15) is 14.9 Å². The summed E-state index contributed by atoms with van der Waals surface area (Å²) in [6.07, 6.45) is 4.94. The second-order valence-electron chi connectivity index (χ2n) is 5.15. The molecule has 0 aliphatic heterocycles. The number of nitriles is 1. The maximum atomic E-state index is 12.6. The van der Waals surface area contributed by atoms with E-state index >= 15 is 0 Å². The Kier molecular flexibility index (Phi) is 5.81. The Morgan fingerprint density at radius 1 is 1.32 bits per heavy atom. The number of nitrogens with one attached hydrogen (secondary N) is 1. The Morgan fingerprint density at radius 3 is 2.42 bits per heavy atom. The molecule has 1 rings (SSSR count). The van der Waals surface area contributed by atoms with Crippen LogP contribution in [-0.2, 0) is 9.59 Å². The maximum Gasteiger partial charge on any atom is 0.243 e. The van der Waals surface area contributed by atoms with Crippen molar-refractivity contribution in [2.24, 2.45) is 5.41 Å². The molecule has 1 N–H and O–H groups in total. The molecule has 1 aliphatic carbocycles. The van der Waals surface area contributed by atoms with Gasteiger partial charge in [-0.2, -0.15) is 5.26 Å². The minimum atomic E-state index is -0.901. The van der Waals surface area contributed by atoms with Gasteiger partial charge in [-0.3, -0.25) is 9.59 Å². The zero-order valence-electron chi connectivity index (χ0n) is 11.9. The summed E-state index contributed by atoms with van der Waals surface area (Å²) in [5.74, 6) is -0.356. The van der Waals surface area contributed by atoms with Crippen molar-refractivity contribution >= 4 is 11.8 Å². The molecule has 1 aliphatic rings. The third-order valence-corrected chi connectivity index (χ3v) is 3.72. The first-order valence-corrected chi connectivity index (χ1v) is 7.01. The normalized spacial score (nSPS) is 17.3. The Balaban J connectivity index is 2.84. The van der Waals surface area contributed by atoms with E-state index in [1.807, 2.05) is 6.92 Å². The highest BCUT2D eigenvalue weighted by molar-refractivity contribution is 5.89. The van der Waals surface area contributed by atoms with Crippen LogP contribution in [0.15, 0.2) is 0 Å². The SMILES string of the molecule is CCCN(CC(=O)NC)C(=O)C1(C#N)CCCCC1. The van der Waals surface area contributed by atoms with E-state index in [1.165, 1.54) is 4.90 Å². The van der Waals surface area contributed by atoms with Gasteiger partial charge in [-0.15, -0.1) is 0 Å². The highest BCUT2D eigenvalue weighted by Crippen LogP contribution is 2.37. The number of carbonyl (C=O) groups excluding carboxylic acids is 2. The highest BCUT2D eigenvalue weighted by Gasteiger charge is 2.42. The summed E-state index contributed by atoms with van der Waals surface area (Å²) in [6, 6.07) is 2.22. The van der Waals surface area contributed by atoms with Gasteiger partial charge in [0.05, 0.1) is 12.6 Å². The van der Waals surface area contributed by atoms with Gasteiger partial charge in [0.15, 0.2) is 0 Å². The first-order valence-electron chi connectivity index (χ1n) is 7.01. The molecule has 1 fully saturated rings. The van der Waals surface area contributed by atoms with E-state index in [1.54, 1.807) is 7.05 Å². The molecular formula is C14H23N3O2. The summed E-state index contributed by atoms with van der Waals surface area (Å²) in [7, 11) is 1.55. The number of hydrogen-bond acceptors (Lipinski definition) is 3. The summed E-state index contributed by atoms with van der Waals surface area (Å²) in [6.45, 7) is 2.53. The molecule has 0 aromatic carbocycles. The van der Waals surface area contributed by atoms with Crippen molar-refractivity contribution in [2.75, 3.05) is 20.1 Å². The lowest BCUT2D eigenvalue weighted by molar-refractivity contribution is -0.143. The summed E-state index contributed by atoms with van der Waals surface area (Å²) < 4.78 is 0. The Bertz CT molecular complexity index is 367. The van der Waals surface area contributed by atoms with E-state index < -0.39 is 5.41 Å². The molecule has 0 spiro atoms. The van der Waals surface area contributed by atoms with Gasteiger partial charge in [-0.05, 0) is 19.3 Å². The fourth-order valence-electron chi connectivity index (χ4n) is 2.61. The number of likely N-dealkylation sites (N-methyl/N-ethyl adjacent to an activating group) is 1. The van der Waals surface area contributed by atoms with Crippen LogP contribution >= 0.6 is 0 Å². The average Bonchev–Trinajstić information content (AvgIpc) is 2.46. The number of carbonyl (C=O) groups is 2. The molecule has 0 heterocycles. The predicted molar refractivity (Wildman–Crippen MR) is 72.1 cm³/mol. The van der Waals surface area contributed by atoms with Crippen LogP contribution in [0.4, 0.5) is 0 Å². The molecule has 0 unspecified atom stereocenters. The van der Waals surface area contributed by atoms with Crippen LogP contribution in [0, 0.1) is 16.7 Å². The van der Waals surface area contributed by atoms with Gasteiger partial charge in [0.25, 0.3) is 0 Å². The Hall–Kier alpha value is -1.57. The van der Waals surface area contributed by atoms with Gasteiger partial charge < -0.3 is 10.2 Å². The van der Waals surface area contributed by atoms with Crippen molar-refractivity contribution in [1.29, 1.82) is 5.26 Å². The van der Waals surface area contributed by atoms with Gasteiger partial charge in [-0.1, -0.05) is 26.2 Å². The molecule has 5 nitrogen and oxygen atoms in total. The van der Waals surface area contributed by atoms with Crippen LogP contribution in [0.5, 0.6) is 0 Å². The van der Waals surface area contributed by atoms with Gasteiger partial charge >= 0.3 is 0 Å². The number of rotatable bonds is 5. The number of amides is 2. The molecule has 1 saturated carbocycles. The molecule has 19 heavy (non-hydrogen) atoms. The topological polar surface area (TPSA) is 73.2 Å². The average molecular weight is 265 g/mol. The standard InChI is InChI=1S/C14H23N3O2/c1-3-9-17(10-12(18)16-2)13(19)14(11-15)7-5-4-6-8-14/h3-10H2,1-2H3,(H,16,18). The molecule has 0 aromatic heterocycles. The lowest BCUT2D eigenvalue weighted by atomic mass is 9.74. The van der Waals surface area contributed by atoms with E-state index in [0.29, 0.717) is 19.4 Å². The van der Waals surface area contributed by atoms with E-state index in [4.69, 9.17) is 0 Å². The Labute approximate surface area is 115 Å². The molecule has 0 aromatic rings. The summed E-state index contributed by atoms with van der Waals surface area (Å²) in [4.78, 5) is 25.6. The van der Waals surface area contributed by atoms with Crippen LogP contribution in [-0.4, -0.2) is 36.9 Å². The molecule has 0 atom stereocenters. The smallest absolute Gasteiger partial charge is 0.243 e. The minimum absolute atomic E-state index is 0.0482. The largest absolute Gasteiger partial charge is 0.358 e. The van der Waals surface area contributed by atoms with E-state index in [-0.39, 0.29) is 18.4 Å². The highest BCUT2D eigenvalue weighted by atomic mass is 16.2. The van der Waals surface area contributed by atoms with Crippen LogP contribution in [0.2, 0.25) is 0 Å². The van der Waals surface area contributed by atoms with Crippen molar-refractivity contribution in [2.45, 2.75) is 45.4 Å². The number of nitrogens with zero attached hydrogens (tertiary/aromatic N) is 2. The van der Waals surface area contributed by atoms with Gasteiger partial charge in [0, 0.05) is 13.6 Å². The monoisotopic (exact) mass is 265 g/mol. The third-order valence-electron chi connectivity index (χ3n) is 3.72. The van der Waals surface area contributed by atoms with Crippen molar-refractivity contribution in [1.82, 2.24) is 10.2 Å². The zero-order valence-corrected chi connectivity index (χ0v) is 11.9. The van der Waals surface area contributed by atoms with Crippen molar-refractivity contribution in [3.8, 4) is 6.07 Å². The van der Waals surface area contributed by atoms with Crippen LogP contribution in [0.3, 0.4) is 0 Å². The second-order valence-corrected chi connectivity index (χ2v) is 5.15. The van der Waals surface area contributed by atoms with Crippen molar-refractivity contribution in [3.05, 3.63) is 0 Å². The number of hydrogen-bond donors (Lipinski definition) is 1. The fourth-order valence-corrected chi connectivity index (χ4v) is 2.61. The molecule has 106 valence electrons. The van der Waals surface area contributed by atoms with Gasteiger partial charge in [-0.25, -0.2) is 0 Å². The first kappa shape index (κ1) is 15.5. The van der Waals surface area contributed by atoms with Crippen molar-refractivity contribution in [3.63, 3.8) is 0 Å². The summed E-state index contributed by atoms with van der Waals surface area (Å²) in [5, 5.41) is 11.9. The molecule has 0 bridgehead atoms. The quantitative estimate of drug-likeness (QED) is 0.817. The van der Waals surface area contributed by atoms with Crippen LogP contribution < -0.4 is 5.32 Å². The molecular weight excluding hydrogens is 242 g/mol. The summed E-state index contributed by atoms with van der Waals surface area (Å²) >= 11 is 0. The molecule has 0 saturated heterocycles. The summed E-state index contributed by atoms with van der Waals surface area (Å²) in [5.41, 5.74) is -0.901. The Morgan fingerprint density at radius 2 is 1.95 bits per heavy atom. The van der Waals surface area contributed by atoms with Crippen LogP contribution in [0.1, 0.15) is 45.4 Å². The molecule has 5 heteroatoms. The zero-order chi connectivity index (χ0) is 14.3. The van der Waals surface area contributed by atoms with Gasteiger partial charge in [0.2, 0.25) is 11.8 Å². The third kappa shape index (κ3) is 3.69. The first-order chi connectivity index (χ1) is 9.09. The molecule has 0 radical (unpaired) electrons.